The highest BCUT2D eigenvalue weighted by atomic mass is 32.2. The van der Waals surface area contributed by atoms with E-state index in [1.807, 2.05) is 153 Å². The molecule has 0 spiro atoms. The van der Waals surface area contributed by atoms with Crippen molar-refractivity contribution in [3.63, 3.8) is 0 Å². The molecule has 9 nitrogen and oxygen atoms in total. The van der Waals surface area contributed by atoms with E-state index in [9.17, 15) is 9.59 Å². The predicted octanol–water partition coefficient (Wildman–Crippen LogP) is 14.2. The lowest BCUT2D eigenvalue weighted by molar-refractivity contribution is -0.118. The Morgan fingerprint density at radius 1 is 0.521 bits per heavy atom. The number of rotatable bonds is 12. The van der Waals surface area contributed by atoms with Gasteiger partial charge in [-0.25, -0.2) is 15.0 Å². The first-order valence-electron chi connectivity index (χ1n) is 24.9. The molecule has 2 aliphatic rings. The third-order valence-electron chi connectivity index (χ3n) is 12.5. The maximum absolute atomic E-state index is 12.6. The van der Waals surface area contributed by atoms with Crippen molar-refractivity contribution in [2.75, 3.05) is 5.73 Å². The van der Waals surface area contributed by atoms with Crippen molar-refractivity contribution in [2.45, 2.75) is 145 Å². The lowest BCUT2D eigenvalue weighted by Gasteiger charge is -2.21. The molecule has 5 aromatic heterocycles. The molecule has 3 aromatic carbocycles. The summed E-state index contributed by atoms with van der Waals surface area (Å²) in [6.07, 6.45) is 15.5. The fourth-order valence-corrected chi connectivity index (χ4v) is 11.5. The van der Waals surface area contributed by atoms with Gasteiger partial charge >= 0.3 is 0 Å². The minimum absolute atomic E-state index is 0. The molecule has 2 aliphatic carbocycles. The van der Waals surface area contributed by atoms with Gasteiger partial charge in [-0.2, -0.15) is 0 Å². The number of nitrogens with two attached hydrogens (primary N) is 2. The van der Waals surface area contributed by atoms with Gasteiger partial charge in [0.2, 0.25) is 0 Å². The molecule has 0 unspecified atom stereocenters. The number of aromatic nitrogens is 5. The first-order chi connectivity index (χ1) is 34.1. The molecule has 71 heavy (non-hydrogen) atoms. The van der Waals surface area contributed by atoms with Gasteiger partial charge in [0.05, 0.1) is 21.6 Å². The molecule has 0 saturated heterocycles. The molecule has 2 fully saturated rings. The highest BCUT2D eigenvalue weighted by Crippen LogP contribution is 2.36. The number of carbonyl (C=O) groups excluding carboxylic acids is 2. The molecule has 5 heterocycles. The molecule has 0 bridgehead atoms. The average Bonchev–Trinajstić information content (AvgIpc) is 3.37. The molecular weight excluding hydrogens is 915 g/mol. The fraction of sp³-hybridized carbons (Fsp3) is 0.350. The molecular formula is C60H71N7O2S2. The third-order valence-corrected chi connectivity index (χ3v) is 15.2. The summed E-state index contributed by atoms with van der Waals surface area (Å²) in [5, 5.41) is 7.07. The number of fused-ring (bicyclic) bond motifs is 3. The summed E-state index contributed by atoms with van der Waals surface area (Å²) in [4.78, 5) is 46.1. The van der Waals surface area contributed by atoms with E-state index < -0.39 is 0 Å². The van der Waals surface area contributed by atoms with E-state index in [2.05, 4.69) is 38.1 Å². The zero-order valence-corrected chi connectivity index (χ0v) is 42.6. The lowest BCUT2D eigenvalue weighted by Crippen LogP contribution is -2.10. The molecule has 2 saturated carbocycles. The summed E-state index contributed by atoms with van der Waals surface area (Å²) < 4.78 is 0. The van der Waals surface area contributed by atoms with Crippen LogP contribution >= 0.6 is 23.5 Å². The van der Waals surface area contributed by atoms with Gasteiger partial charge in [-0.3, -0.25) is 19.6 Å². The number of hydrogen-bond donors (Lipinski definition) is 2. The first-order valence-corrected chi connectivity index (χ1v) is 26.6. The number of Topliss-reactive ketones (excluding diaryl/α,β-unsaturated/α-hetero) is 2. The lowest BCUT2D eigenvalue weighted by atomic mass is 10.0. The fourth-order valence-electron chi connectivity index (χ4n) is 8.67. The summed E-state index contributed by atoms with van der Waals surface area (Å²) in [6, 6.07) is 43.9. The van der Waals surface area contributed by atoms with Crippen LogP contribution in [0, 0.1) is 13.8 Å². The SMILES string of the molecule is C.CC(=O)Cc1ccc2ccccc2n1.Cc1ccc(CCC(=O)Cc2ccc3ccccc3n2)c(SC2CCCCC2)n1.Cc1ccc(CN)c(SC2CCCCC2)n1.Nc1ccc2ccccc2n1. The van der Waals surface area contributed by atoms with Gasteiger partial charge in [0.1, 0.15) is 22.4 Å². The highest BCUT2D eigenvalue weighted by molar-refractivity contribution is 8.00. The van der Waals surface area contributed by atoms with E-state index >= 15 is 0 Å². The van der Waals surface area contributed by atoms with Crippen molar-refractivity contribution < 1.29 is 9.59 Å². The minimum atomic E-state index is 0. The normalized spacial score (nSPS) is 13.7. The van der Waals surface area contributed by atoms with Crippen LogP contribution in [0.5, 0.6) is 0 Å². The van der Waals surface area contributed by atoms with Gasteiger partial charge in [-0.1, -0.05) is 125 Å². The Labute approximate surface area is 429 Å². The van der Waals surface area contributed by atoms with Gasteiger partial charge in [0.15, 0.2) is 0 Å². The predicted molar refractivity (Wildman–Crippen MR) is 299 cm³/mol. The number of benzene rings is 3. The Morgan fingerprint density at radius 3 is 1.45 bits per heavy atom. The van der Waals surface area contributed by atoms with E-state index in [-0.39, 0.29) is 19.0 Å². The van der Waals surface area contributed by atoms with Gasteiger partial charge in [0, 0.05) is 75.2 Å². The van der Waals surface area contributed by atoms with Crippen LogP contribution in [0.15, 0.2) is 144 Å². The number of ketones is 2. The van der Waals surface area contributed by atoms with Crippen LogP contribution in [0.3, 0.4) is 0 Å². The summed E-state index contributed by atoms with van der Waals surface area (Å²) in [6.45, 7) is 6.27. The van der Waals surface area contributed by atoms with Crippen LogP contribution in [0.2, 0.25) is 0 Å². The summed E-state index contributed by atoms with van der Waals surface area (Å²) >= 11 is 3.87. The minimum Gasteiger partial charge on any atom is -0.384 e. The van der Waals surface area contributed by atoms with E-state index in [1.54, 1.807) is 6.92 Å². The zero-order chi connectivity index (χ0) is 49.1. The first kappa shape index (κ1) is 54.3. The second-order valence-electron chi connectivity index (χ2n) is 18.3. The third kappa shape index (κ3) is 17.4. The summed E-state index contributed by atoms with van der Waals surface area (Å²) in [7, 11) is 0. The number of carbonyl (C=O) groups is 2. The molecule has 11 heteroatoms. The van der Waals surface area contributed by atoms with E-state index in [1.165, 1.54) is 75.3 Å². The van der Waals surface area contributed by atoms with Gasteiger partial charge in [-0.15, -0.1) is 23.5 Å². The monoisotopic (exact) mass is 986 g/mol. The number of pyridine rings is 5. The number of thioether (sulfide) groups is 2. The number of aryl methyl sites for hydroxylation is 3. The Bertz CT molecular complexity index is 2970. The van der Waals surface area contributed by atoms with Crippen LogP contribution in [-0.2, 0) is 35.4 Å². The molecule has 4 N–H and O–H groups in total. The topological polar surface area (TPSA) is 151 Å². The van der Waals surface area contributed by atoms with Crippen molar-refractivity contribution in [1.29, 1.82) is 0 Å². The van der Waals surface area contributed by atoms with Crippen LogP contribution in [-0.4, -0.2) is 47.0 Å². The molecule has 0 amide bonds. The molecule has 0 radical (unpaired) electrons. The second kappa shape index (κ2) is 28.1. The average molecular weight is 986 g/mol. The van der Waals surface area contributed by atoms with E-state index in [0.717, 1.165) is 77.2 Å². The van der Waals surface area contributed by atoms with Crippen molar-refractivity contribution in [3.05, 3.63) is 167 Å². The maximum atomic E-state index is 12.6. The van der Waals surface area contributed by atoms with Gasteiger partial charge < -0.3 is 11.5 Å². The zero-order valence-electron chi connectivity index (χ0n) is 41.0. The van der Waals surface area contributed by atoms with Crippen molar-refractivity contribution in [3.8, 4) is 0 Å². The van der Waals surface area contributed by atoms with Crippen LogP contribution in [0.1, 0.15) is 119 Å². The molecule has 8 aromatic rings. The summed E-state index contributed by atoms with van der Waals surface area (Å²) in [5.74, 6) is 0.957. The van der Waals surface area contributed by atoms with E-state index in [4.69, 9.17) is 16.5 Å². The molecule has 10 rings (SSSR count). The Hall–Kier alpha value is -6.01. The number of para-hydroxylation sites is 3. The van der Waals surface area contributed by atoms with Crippen molar-refractivity contribution >= 4 is 73.6 Å². The van der Waals surface area contributed by atoms with Gasteiger partial charge in [0.25, 0.3) is 0 Å². The number of nitrogen functional groups attached to an aromatic ring is 1. The van der Waals surface area contributed by atoms with Crippen molar-refractivity contribution in [2.24, 2.45) is 5.73 Å². The standard InChI is InChI=1S/C25H28N2OS.C13H20N2S.C12H11NO.C9H8N2.CH4/c1-18-11-12-20(25(26-18)29-23-8-3-2-4-9-23)14-16-22(28)17-21-15-13-19-7-5-6-10-24(19)27-21;1-10-7-8-11(9-14)13(15-10)16-12-5-3-2-4-6-12;1-9(14)8-11-7-6-10-4-2-3-5-12(10)13-11;10-9-6-5-7-3-1-2-4-8(7)11-9;/h5-7,10-13,15,23H,2-4,8-9,14,16-17H2,1H3;7-8,12H,2-6,9,14H2,1H3;2-7H,8H2,1H3;1-6H,(H2,10,11);1H4. The summed E-state index contributed by atoms with van der Waals surface area (Å²) in [5.41, 5.74) is 20.4. The highest BCUT2D eigenvalue weighted by Gasteiger charge is 2.19. The van der Waals surface area contributed by atoms with E-state index in [0.29, 0.717) is 36.9 Å². The largest absolute Gasteiger partial charge is 0.384 e. The number of nitrogens with zero attached hydrogens (tertiary/aromatic N) is 5. The molecule has 370 valence electrons. The van der Waals surface area contributed by atoms with Crippen molar-refractivity contribution in [1.82, 2.24) is 24.9 Å². The molecule has 0 aliphatic heterocycles. The van der Waals surface area contributed by atoms with Gasteiger partial charge in [-0.05, 0) is 119 Å². The van der Waals surface area contributed by atoms with Crippen LogP contribution in [0.4, 0.5) is 5.82 Å². The number of anilines is 1. The quantitative estimate of drug-likeness (QED) is 0.120. The Kier molecular flexibility index (Phi) is 21.5. The van der Waals surface area contributed by atoms with Crippen LogP contribution < -0.4 is 11.5 Å². The number of hydrogen-bond acceptors (Lipinski definition) is 11. The van der Waals surface area contributed by atoms with Crippen LogP contribution in [0.25, 0.3) is 32.7 Å². The smallest absolute Gasteiger partial charge is 0.139 e. The maximum Gasteiger partial charge on any atom is 0.139 e. The molecule has 0 atom stereocenters. The Balaban J connectivity index is 0.000000167. The Morgan fingerprint density at radius 2 is 0.958 bits per heavy atom. The second-order valence-corrected chi connectivity index (χ2v) is 20.9.